The van der Waals surface area contributed by atoms with Gasteiger partial charge in [0.2, 0.25) is 0 Å². The van der Waals surface area contributed by atoms with Crippen LogP contribution in [0.4, 0.5) is 11.4 Å². The Morgan fingerprint density at radius 1 is 0.880 bits per heavy atom. The molecule has 0 saturated heterocycles. The summed E-state index contributed by atoms with van der Waals surface area (Å²) < 4.78 is 0. The molecular weight excluding hydrogens is 486 g/mol. The molecule has 4 heteroatoms. The molecule has 3 nitrogen and oxygen atoms in total. The molecule has 3 aromatic rings. The number of hydrazone groups is 1. The van der Waals surface area contributed by atoms with Crippen LogP contribution in [0.1, 0.15) is 11.1 Å². The summed E-state index contributed by atoms with van der Waals surface area (Å²) in [6, 6.07) is 26.2. The first-order valence-corrected chi connectivity index (χ1v) is 8.01. The number of benzene rings is 3. The first-order valence-electron chi connectivity index (χ1n) is 8.01. The minimum atomic E-state index is 0. The Morgan fingerprint density at radius 2 is 1.60 bits per heavy atom. The minimum absolute atomic E-state index is 0. The maximum atomic E-state index is 4.88. The second-order valence-corrected chi connectivity index (χ2v) is 6.02. The standard InChI is InChI=1S/C21H15N3.Ir/c1-15-8-2-6-12-19(15)24-14-23-20-13-7-5-10-17(20)16-9-3-4-11-18(16)21(23)22-24;/h2-12,14H,1H3;/q-2;. The van der Waals surface area contributed by atoms with Gasteiger partial charge in [0.15, 0.2) is 0 Å². The van der Waals surface area contributed by atoms with Gasteiger partial charge in [0.1, 0.15) is 5.84 Å². The van der Waals surface area contributed by atoms with Crippen molar-refractivity contribution < 1.29 is 20.1 Å². The first-order chi connectivity index (χ1) is 11.8. The first kappa shape index (κ1) is 16.1. The van der Waals surface area contributed by atoms with Crippen molar-refractivity contribution in [3.8, 4) is 11.1 Å². The summed E-state index contributed by atoms with van der Waals surface area (Å²) in [6.45, 7) is 4.15. The van der Waals surface area contributed by atoms with E-state index in [2.05, 4.69) is 60.4 Å². The predicted molar refractivity (Wildman–Crippen MR) is 97.7 cm³/mol. The Bertz CT molecular complexity index is 980. The smallest absolute Gasteiger partial charge is 0.127 e. The van der Waals surface area contributed by atoms with Gasteiger partial charge in [0.25, 0.3) is 0 Å². The molecule has 125 valence electrons. The van der Waals surface area contributed by atoms with E-state index in [1.54, 1.807) is 0 Å². The molecule has 0 N–H and O–H groups in total. The molecule has 3 aromatic carbocycles. The van der Waals surface area contributed by atoms with E-state index in [-0.39, 0.29) is 20.1 Å². The van der Waals surface area contributed by atoms with Gasteiger partial charge in [-0.1, -0.05) is 53.7 Å². The summed E-state index contributed by atoms with van der Waals surface area (Å²) in [6.07, 6.45) is 0. The van der Waals surface area contributed by atoms with Gasteiger partial charge >= 0.3 is 0 Å². The van der Waals surface area contributed by atoms with Crippen LogP contribution >= 0.6 is 0 Å². The molecule has 0 saturated carbocycles. The third-order valence-corrected chi connectivity index (χ3v) is 4.55. The van der Waals surface area contributed by atoms with Crippen LogP contribution in [0.2, 0.25) is 0 Å². The predicted octanol–water partition coefficient (Wildman–Crippen LogP) is 4.58. The van der Waals surface area contributed by atoms with Gasteiger partial charge in [-0.3, -0.25) is 0 Å². The Kier molecular flexibility index (Phi) is 3.95. The zero-order chi connectivity index (χ0) is 16.1. The second-order valence-electron chi connectivity index (χ2n) is 6.02. The van der Waals surface area contributed by atoms with Crippen LogP contribution in [-0.2, 0) is 20.1 Å². The number of hydrogen-bond acceptors (Lipinski definition) is 3. The van der Waals surface area contributed by atoms with E-state index < -0.39 is 0 Å². The van der Waals surface area contributed by atoms with Gasteiger partial charge in [0.05, 0.1) is 0 Å². The molecule has 0 fully saturated rings. The number of hydrogen-bond donors (Lipinski definition) is 0. The van der Waals surface area contributed by atoms with Gasteiger partial charge in [-0.2, -0.15) is 29.4 Å². The van der Waals surface area contributed by atoms with E-state index in [1.807, 2.05) is 35.9 Å². The molecule has 1 radical (unpaired) electrons. The van der Waals surface area contributed by atoms with Crippen LogP contribution in [0.3, 0.4) is 0 Å². The van der Waals surface area contributed by atoms with Gasteiger partial charge in [0, 0.05) is 31.4 Å². The number of anilines is 2. The number of aryl methyl sites for hydroxylation is 1. The van der Waals surface area contributed by atoms with Crippen LogP contribution < -0.4 is 9.91 Å². The van der Waals surface area contributed by atoms with Crippen molar-refractivity contribution in [2.75, 3.05) is 9.91 Å². The fourth-order valence-electron chi connectivity index (χ4n) is 3.38. The molecule has 0 atom stereocenters. The maximum absolute atomic E-state index is 4.88. The molecule has 0 unspecified atom stereocenters. The van der Waals surface area contributed by atoms with Crippen molar-refractivity contribution in [1.29, 1.82) is 0 Å². The molecule has 25 heavy (non-hydrogen) atoms. The minimum Gasteiger partial charge on any atom is -0.476 e. The van der Waals surface area contributed by atoms with Crippen molar-refractivity contribution in [3.63, 3.8) is 0 Å². The molecule has 0 aromatic heterocycles. The zero-order valence-electron chi connectivity index (χ0n) is 13.6. The van der Waals surface area contributed by atoms with Crippen molar-refractivity contribution >= 4 is 17.2 Å². The molecular formula is C21H15IrN3-2. The molecule has 5 rings (SSSR count). The van der Waals surface area contributed by atoms with Crippen LogP contribution in [-0.4, -0.2) is 5.84 Å². The Balaban J connectivity index is 0.00000157. The van der Waals surface area contributed by atoms with Gasteiger partial charge < -0.3 is 9.91 Å². The molecule has 0 amide bonds. The average Bonchev–Trinajstić information content (AvgIpc) is 3.08. The van der Waals surface area contributed by atoms with Crippen LogP contribution in [0, 0.1) is 19.7 Å². The van der Waals surface area contributed by atoms with E-state index in [4.69, 9.17) is 5.10 Å². The molecule has 2 heterocycles. The van der Waals surface area contributed by atoms with Crippen molar-refractivity contribution in [3.05, 3.63) is 90.6 Å². The zero-order valence-corrected chi connectivity index (χ0v) is 16.0. The van der Waals surface area contributed by atoms with Crippen LogP contribution in [0.25, 0.3) is 11.1 Å². The van der Waals surface area contributed by atoms with E-state index >= 15 is 0 Å². The maximum Gasteiger partial charge on any atom is 0.127 e. The number of para-hydroxylation sites is 2. The summed E-state index contributed by atoms with van der Waals surface area (Å²) in [5.74, 6) is 0.948. The number of rotatable bonds is 1. The van der Waals surface area contributed by atoms with E-state index in [1.165, 1.54) is 16.7 Å². The van der Waals surface area contributed by atoms with Crippen molar-refractivity contribution in [2.45, 2.75) is 6.92 Å². The van der Waals surface area contributed by atoms with Gasteiger partial charge in [-0.25, -0.2) is 0 Å². The quantitative estimate of drug-likeness (QED) is 0.455. The fraction of sp³-hybridized carbons (Fsp3) is 0.0476. The SMILES string of the molecule is Cc1ccccc1N1[CH-]N2C(=N1)c1ccccc1-c1ccc[c-]c12.[Ir]. The summed E-state index contributed by atoms with van der Waals surface area (Å²) >= 11 is 0. The normalized spacial score (nSPS) is 14.2. The van der Waals surface area contributed by atoms with Crippen molar-refractivity contribution in [2.24, 2.45) is 5.10 Å². The fourth-order valence-corrected chi connectivity index (χ4v) is 3.38. The number of amidine groups is 1. The summed E-state index contributed by atoms with van der Waals surface area (Å²) in [7, 11) is 0. The topological polar surface area (TPSA) is 18.8 Å². The number of fused-ring (bicyclic) bond motifs is 6. The Labute approximate surface area is 160 Å². The van der Waals surface area contributed by atoms with E-state index in [0.717, 1.165) is 22.8 Å². The second kappa shape index (κ2) is 6.14. The third-order valence-electron chi connectivity index (χ3n) is 4.55. The summed E-state index contributed by atoms with van der Waals surface area (Å²) in [5, 5.41) is 6.84. The Morgan fingerprint density at radius 3 is 2.44 bits per heavy atom. The van der Waals surface area contributed by atoms with Gasteiger partial charge in [-0.05, 0) is 18.6 Å². The number of nitrogens with zero attached hydrogens (tertiary/aromatic N) is 3. The Hall–Kier alpha value is -2.42. The monoisotopic (exact) mass is 502 g/mol. The van der Waals surface area contributed by atoms with Crippen molar-refractivity contribution in [1.82, 2.24) is 0 Å². The largest absolute Gasteiger partial charge is 0.476 e. The van der Waals surface area contributed by atoms with Crippen LogP contribution in [0.15, 0.2) is 71.8 Å². The average molecular weight is 502 g/mol. The van der Waals surface area contributed by atoms with E-state index in [0.29, 0.717) is 0 Å². The molecule has 2 aliphatic heterocycles. The summed E-state index contributed by atoms with van der Waals surface area (Å²) in [4.78, 5) is 2.13. The summed E-state index contributed by atoms with van der Waals surface area (Å²) in [5.41, 5.74) is 6.88. The molecule has 0 aliphatic carbocycles. The van der Waals surface area contributed by atoms with E-state index in [9.17, 15) is 0 Å². The van der Waals surface area contributed by atoms with Gasteiger partial charge in [-0.15, -0.1) is 12.2 Å². The van der Waals surface area contributed by atoms with Crippen LogP contribution in [0.5, 0.6) is 0 Å². The third kappa shape index (κ3) is 2.41. The molecule has 0 spiro atoms. The molecule has 2 aliphatic rings. The molecule has 0 bridgehead atoms.